The number of nitro groups is 1. The number of carboxylic acids is 1. The van der Waals surface area contributed by atoms with Crippen molar-refractivity contribution in [1.29, 1.82) is 0 Å². The van der Waals surface area contributed by atoms with Crippen LogP contribution in [0.3, 0.4) is 0 Å². The third-order valence-corrected chi connectivity index (χ3v) is 4.71. The summed E-state index contributed by atoms with van der Waals surface area (Å²) in [6.07, 6.45) is 2.46. The highest BCUT2D eigenvalue weighted by Gasteiger charge is 2.16. The first-order valence-corrected chi connectivity index (χ1v) is 9.06. The number of aryl methyl sites for hydroxylation is 1. The molecule has 3 heterocycles. The van der Waals surface area contributed by atoms with E-state index in [0.29, 0.717) is 30.5 Å². The minimum Gasteiger partial charge on any atom is -0.478 e. The van der Waals surface area contributed by atoms with Gasteiger partial charge in [0.2, 0.25) is 5.95 Å². The van der Waals surface area contributed by atoms with Crippen molar-refractivity contribution >= 4 is 34.8 Å². The minimum atomic E-state index is -1.08. The van der Waals surface area contributed by atoms with Crippen molar-refractivity contribution in [2.24, 2.45) is 0 Å². The first-order valence-electron chi connectivity index (χ1n) is 8.18. The Morgan fingerprint density at radius 3 is 2.64 bits per heavy atom. The predicted octanol–water partition coefficient (Wildman–Crippen LogP) is 3.04. The second-order valence-corrected chi connectivity index (χ2v) is 6.67. The summed E-state index contributed by atoms with van der Waals surface area (Å²) < 4.78 is 0. The number of nitrogens with one attached hydrogen (secondary N) is 2. The van der Waals surface area contributed by atoms with Gasteiger partial charge in [-0.2, -0.15) is 0 Å². The van der Waals surface area contributed by atoms with Crippen LogP contribution in [0.15, 0.2) is 36.0 Å². The van der Waals surface area contributed by atoms with Gasteiger partial charge in [-0.3, -0.25) is 10.1 Å². The Kier molecular flexibility index (Phi) is 5.75. The van der Waals surface area contributed by atoms with Gasteiger partial charge in [0.15, 0.2) is 0 Å². The van der Waals surface area contributed by atoms with Gasteiger partial charge in [0.1, 0.15) is 23.3 Å². The van der Waals surface area contributed by atoms with E-state index in [9.17, 15) is 20.0 Å². The molecular formula is C17H16N6O4S. The number of carboxylic acid groups (broad SMARTS) is 1. The Bertz CT molecular complexity index is 1010. The summed E-state index contributed by atoms with van der Waals surface area (Å²) in [6.45, 7) is 2.83. The third-order valence-electron chi connectivity index (χ3n) is 3.66. The van der Waals surface area contributed by atoms with E-state index in [-0.39, 0.29) is 11.3 Å². The monoisotopic (exact) mass is 400 g/mol. The van der Waals surface area contributed by atoms with Crippen molar-refractivity contribution in [3.05, 3.63) is 57.2 Å². The number of anilines is 2. The highest BCUT2D eigenvalue weighted by atomic mass is 32.1. The average molecular weight is 400 g/mol. The summed E-state index contributed by atoms with van der Waals surface area (Å²) in [5, 5.41) is 27.9. The topological polar surface area (TPSA) is 143 Å². The fraction of sp³-hybridized carbons (Fsp3) is 0.176. The Labute approximate surface area is 163 Å². The Hall–Kier alpha value is -3.60. The van der Waals surface area contributed by atoms with Gasteiger partial charge in [0, 0.05) is 25.4 Å². The fourth-order valence-electron chi connectivity index (χ4n) is 2.33. The van der Waals surface area contributed by atoms with Crippen LogP contribution in [0.1, 0.15) is 15.9 Å². The van der Waals surface area contributed by atoms with Crippen molar-refractivity contribution in [3.8, 4) is 10.6 Å². The molecule has 0 atom stereocenters. The van der Waals surface area contributed by atoms with Crippen molar-refractivity contribution in [2.75, 3.05) is 23.7 Å². The molecule has 144 valence electrons. The summed E-state index contributed by atoms with van der Waals surface area (Å²) in [5.74, 6) is -0.271. The Morgan fingerprint density at radius 1 is 1.25 bits per heavy atom. The number of rotatable bonds is 8. The molecule has 0 aliphatic rings. The van der Waals surface area contributed by atoms with E-state index in [1.54, 1.807) is 0 Å². The number of aromatic carboxylic acids is 1. The molecule has 0 radical (unpaired) electrons. The molecule has 0 aromatic carbocycles. The number of hydrogen-bond acceptors (Lipinski definition) is 9. The molecule has 0 aliphatic carbocycles. The molecular weight excluding hydrogens is 384 g/mol. The normalized spacial score (nSPS) is 10.5. The maximum absolute atomic E-state index is 11.4. The molecule has 3 aromatic rings. The first kappa shape index (κ1) is 19.2. The molecule has 28 heavy (non-hydrogen) atoms. The van der Waals surface area contributed by atoms with Crippen LogP contribution in [0.25, 0.3) is 10.6 Å². The van der Waals surface area contributed by atoms with Crippen LogP contribution in [-0.4, -0.2) is 44.0 Å². The van der Waals surface area contributed by atoms with Crippen LogP contribution in [0, 0.1) is 17.0 Å². The highest BCUT2D eigenvalue weighted by molar-refractivity contribution is 7.13. The quantitative estimate of drug-likeness (QED) is 0.295. The van der Waals surface area contributed by atoms with E-state index in [2.05, 4.69) is 25.6 Å². The number of nitrogens with zero attached hydrogens (tertiary/aromatic N) is 4. The third kappa shape index (κ3) is 4.57. The Morgan fingerprint density at radius 2 is 2.04 bits per heavy atom. The Balaban J connectivity index is 1.63. The van der Waals surface area contributed by atoms with Crippen LogP contribution >= 0.6 is 11.3 Å². The molecule has 0 saturated heterocycles. The van der Waals surface area contributed by atoms with Crippen molar-refractivity contribution in [3.63, 3.8) is 0 Å². The summed E-state index contributed by atoms with van der Waals surface area (Å²) in [4.78, 5) is 34.7. The lowest BCUT2D eigenvalue weighted by Crippen LogP contribution is -2.16. The SMILES string of the molecule is Cc1csc(-c2nc(NCCNc3ccc([N+](=O)[O-])cn3)ncc2C(=O)O)c1. The standard InChI is InChI=1S/C17H16N6O4S/c1-10-6-13(28-9-10)15-12(16(24)25)8-21-17(22-15)19-5-4-18-14-3-2-11(7-20-14)23(26)27/h2-3,6-9H,4-5H2,1H3,(H,18,20)(H,24,25)(H,19,21,22). The highest BCUT2D eigenvalue weighted by Crippen LogP contribution is 2.28. The van der Waals surface area contributed by atoms with E-state index in [4.69, 9.17) is 0 Å². The molecule has 3 aromatic heterocycles. The van der Waals surface area contributed by atoms with Gasteiger partial charge in [-0.15, -0.1) is 11.3 Å². The van der Waals surface area contributed by atoms with Gasteiger partial charge >= 0.3 is 5.97 Å². The number of hydrogen-bond donors (Lipinski definition) is 3. The molecule has 3 rings (SSSR count). The van der Waals surface area contributed by atoms with Gasteiger partial charge in [0.05, 0.1) is 9.80 Å². The smallest absolute Gasteiger partial charge is 0.339 e. The molecule has 0 saturated carbocycles. The lowest BCUT2D eigenvalue weighted by Gasteiger charge is -2.09. The van der Waals surface area contributed by atoms with Crippen LogP contribution in [0.5, 0.6) is 0 Å². The number of aromatic nitrogens is 3. The number of thiophene rings is 1. The molecule has 3 N–H and O–H groups in total. The van der Waals surface area contributed by atoms with E-state index < -0.39 is 10.9 Å². The molecule has 0 bridgehead atoms. The molecule has 0 spiro atoms. The van der Waals surface area contributed by atoms with Gasteiger partial charge in [-0.05, 0) is 30.0 Å². The maximum atomic E-state index is 11.4. The molecule has 11 heteroatoms. The summed E-state index contributed by atoms with van der Waals surface area (Å²) in [5.41, 5.74) is 1.37. The van der Waals surface area contributed by atoms with Crippen LogP contribution in [0.2, 0.25) is 0 Å². The second-order valence-electron chi connectivity index (χ2n) is 5.76. The molecule has 0 aliphatic heterocycles. The zero-order valence-corrected chi connectivity index (χ0v) is 15.6. The van der Waals surface area contributed by atoms with Crippen LogP contribution < -0.4 is 10.6 Å². The average Bonchev–Trinajstić information content (AvgIpc) is 3.11. The van der Waals surface area contributed by atoms with E-state index in [1.165, 1.54) is 35.9 Å². The maximum Gasteiger partial charge on any atom is 0.339 e. The predicted molar refractivity (Wildman–Crippen MR) is 105 cm³/mol. The minimum absolute atomic E-state index is 0.0422. The van der Waals surface area contributed by atoms with Crippen LogP contribution in [-0.2, 0) is 0 Å². The lowest BCUT2D eigenvalue weighted by molar-refractivity contribution is -0.385. The largest absolute Gasteiger partial charge is 0.478 e. The lowest BCUT2D eigenvalue weighted by atomic mass is 10.2. The molecule has 0 amide bonds. The molecule has 10 nitrogen and oxygen atoms in total. The number of carbonyl (C=O) groups is 1. The summed E-state index contributed by atoms with van der Waals surface area (Å²) >= 11 is 1.42. The van der Waals surface area contributed by atoms with Gasteiger partial charge < -0.3 is 15.7 Å². The van der Waals surface area contributed by atoms with Crippen molar-refractivity contribution in [1.82, 2.24) is 15.0 Å². The van der Waals surface area contributed by atoms with Gasteiger partial charge in [0.25, 0.3) is 5.69 Å². The zero-order valence-electron chi connectivity index (χ0n) is 14.7. The van der Waals surface area contributed by atoms with E-state index in [1.807, 2.05) is 18.4 Å². The van der Waals surface area contributed by atoms with E-state index >= 15 is 0 Å². The van der Waals surface area contributed by atoms with Crippen molar-refractivity contribution in [2.45, 2.75) is 6.92 Å². The number of pyridine rings is 1. The van der Waals surface area contributed by atoms with Crippen molar-refractivity contribution < 1.29 is 14.8 Å². The fourth-order valence-corrected chi connectivity index (χ4v) is 3.23. The van der Waals surface area contributed by atoms with E-state index in [0.717, 1.165) is 10.4 Å². The molecule has 0 unspecified atom stereocenters. The molecule has 0 fully saturated rings. The van der Waals surface area contributed by atoms with Gasteiger partial charge in [-0.1, -0.05) is 0 Å². The zero-order chi connectivity index (χ0) is 20.1. The van der Waals surface area contributed by atoms with Crippen LogP contribution in [0.4, 0.5) is 17.5 Å². The van der Waals surface area contributed by atoms with Gasteiger partial charge in [-0.25, -0.2) is 19.7 Å². The summed E-state index contributed by atoms with van der Waals surface area (Å²) in [6, 6.07) is 4.77. The summed E-state index contributed by atoms with van der Waals surface area (Å²) in [7, 11) is 0. The first-order chi connectivity index (χ1) is 13.4. The second kappa shape index (κ2) is 8.39.